The van der Waals surface area contributed by atoms with Crippen LogP contribution in [0, 0.1) is 0 Å². The molecule has 1 N–H and O–H groups in total. The number of nitrogens with zero attached hydrogens (tertiary/aromatic N) is 1. The normalized spacial score (nSPS) is 10.7. The Balaban J connectivity index is 2.01. The van der Waals surface area contributed by atoms with E-state index in [2.05, 4.69) is 15.8 Å². The van der Waals surface area contributed by atoms with Gasteiger partial charge in [-0.15, -0.1) is 11.6 Å². The molecule has 4 heteroatoms. The molecule has 0 aliphatic carbocycles. The summed E-state index contributed by atoms with van der Waals surface area (Å²) in [6.07, 6.45) is 0. The fourth-order valence-electron chi connectivity index (χ4n) is 1.86. The summed E-state index contributed by atoms with van der Waals surface area (Å²) in [6, 6.07) is 16.2. The molecule has 1 heterocycles. The first kappa shape index (κ1) is 11.5. The molecule has 0 aliphatic rings. The van der Waals surface area contributed by atoms with Crippen molar-refractivity contribution in [2.75, 3.05) is 5.32 Å². The van der Waals surface area contributed by atoms with Gasteiger partial charge in [0.25, 0.3) is 0 Å². The molecule has 0 amide bonds. The van der Waals surface area contributed by atoms with Gasteiger partial charge >= 0.3 is 0 Å². The zero-order valence-electron chi connectivity index (χ0n) is 9.56. The molecule has 0 aliphatic heterocycles. The molecule has 0 atom stereocenters. The second-order valence-electron chi connectivity index (χ2n) is 3.94. The Labute approximate surface area is 114 Å². The Kier molecular flexibility index (Phi) is 3.17. The highest BCUT2D eigenvalue weighted by Gasteiger charge is 2.07. The number of fused-ring (bicyclic) bond motifs is 1. The van der Waals surface area contributed by atoms with E-state index in [0.29, 0.717) is 5.88 Å². The minimum Gasteiger partial charge on any atom is -0.345 e. The summed E-state index contributed by atoms with van der Waals surface area (Å²) in [5.74, 6) is 0.500. The number of hydrogen-bond donors (Lipinski definition) is 1. The van der Waals surface area contributed by atoms with Crippen LogP contribution in [0.2, 0.25) is 0 Å². The number of nitrogens with one attached hydrogen (secondary N) is 1. The quantitative estimate of drug-likeness (QED) is 0.695. The maximum absolute atomic E-state index is 5.94. The third-order valence-corrected chi connectivity index (χ3v) is 3.87. The van der Waals surface area contributed by atoms with Crippen LogP contribution in [0.5, 0.6) is 0 Å². The number of benzene rings is 2. The number of hydrogen-bond acceptors (Lipinski definition) is 3. The highest BCUT2D eigenvalue weighted by Crippen LogP contribution is 2.31. The molecule has 0 saturated carbocycles. The van der Waals surface area contributed by atoms with E-state index in [1.54, 1.807) is 0 Å². The topological polar surface area (TPSA) is 24.9 Å². The minimum absolute atomic E-state index is 0.500. The van der Waals surface area contributed by atoms with Gasteiger partial charge in [0.15, 0.2) is 0 Å². The van der Waals surface area contributed by atoms with E-state index in [9.17, 15) is 0 Å². The van der Waals surface area contributed by atoms with Crippen LogP contribution in [-0.4, -0.2) is 4.37 Å². The lowest BCUT2D eigenvalue weighted by atomic mass is 10.2. The number of para-hydroxylation sites is 1. The summed E-state index contributed by atoms with van der Waals surface area (Å²) >= 11 is 7.41. The fourth-order valence-corrected chi connectivity index (χ4v) is 2.87. The van der Waals surface area contributed by atoms with Crippen LogP contribution >= 0.6 is 23.1 Å². The molecule has 2 nitrogen and oxygen atoms in total. The van der Waals surface area contributed by atoms with Crippen LogP contribution in [0.3, 0.4) is 0 Å². The SMILES string of the molecule is ClCc1ccccc1Nc1snc2ccccc12. The number of rotatable bonds is 3. The molecular weight excluding hydrogens is 264 g/mol. The maximum Gasteiger partial charge on any atom is 0.121 e. The summed E-state index contributed by atoms with van der Waals surface area (Å²) in [5.41, 5.74) is 3.16. The Morgan fingerprint density at radius 1 is 1.06 bits per heavy atom. The van der Waals surface area contributed by atoms with Crippen LogP contribution < -0.4 is 5.32 Å². The Hall–Kier alpha value is -1.58. The predicted molar refractivity (Wildman–Crippen MR) is 78.9 cm³/mol. The van der Waals surface area contributed by atoms with Gasteiger partial charge in [-0.05, 0) is 35.3 Å². The van der Waals surface area contributed by atoms with Crippen LogP contribution in [0.4, 0.5) is 10.7 Å². The monoisotopic (exact) mass is 274 g/mol. The average Bonchev–Trinajstić information content (AvgIpc) is 2.83. The van der Waals surface area contributed by atoms with Crippen molar-refractivity contribution in [3.05, 3.63) is 54.1 Å². The number of alkyl halides is 1. The molecule has 0 radical (unpaired) electrons. The number of aromatic nitrogens is 1. The summed E-state index contributed by atoms with van der Waals surface area (Å²) in [7, 11) is 0. The maximum atomic E-state index is 5.94. The molecular formula is C14H11ClN2S. The van der Waals surface area contributed by atoms with Gasteiger partial charge in [-0.25, -0.2) is 0 Å². The fraction of sp³-hybridized carbons (Fsp3) is 0.0714. The van der Waals surface area contributed by atoms with Crippen LogP contribution in [0.15, 0.2) is 48.5 Å². The standard InChI is InChI=1S/C14H11ClN2S/c15-9-10-5-1-3-7-12(10)16-14-11-6-2-4-8-13(11)17-18-14/h1-8,16H,9H2. The molecule has 0 bridgehead atoms. The third kappa shape index (κ3) is 2.07. The molecule has 0 saturated heterocycles. The van der Waals surface area contributed by atoms with Crippen molar-refractivity contribution in [2.45, 2.75) is 5.88 Å². The van der Waals surface area contributed by atoms with Crippen molar-refractivity contribution in [3.63, 3.8) is 0 Å². The van der Waals surface area contributed by atoms with E-state index in [1.807, 2.05) is 42.5 Å². The van der Waals surface area contributed by atoms with Crippen molar-refractivity contribution >= 4 is 44.7 Å². The molecule has 0 fully saturated rings. The number of anilines is 2. The first-order valence-electron chi connectivity index (χ1n) is 5.64. The van der Waals surface area contributed by atoms with E-state index in [-0.39, 0.29) is 0 Å². The molecule has 0 spiro atoms. The summed E-state index contributed by atoms with van der Waals surface area (Å²) in [6.45, 7) is 0. The molecule has 18 heavy (non-hydrogen) atoms. The Bertz CT molecular complexity index is 678. The van der Waals surface area contributed by atoms with Crippen LogP contribution in [-0.2, 0) is 5.88 Å². The summed E-state index contributed by atoms with van der Waals surface area (Å²) < 4.78 is 4.42. The van der Waals surface area contributed by atoms with Crippen LogP contribution in [0.1, 0.15) is 5.56 Å². The van der Waals surface area contributed by atoms with Crippen LogP contribution in [0.25, 0.3) is 10.9 Å². The largest absolute Gasteiger partial charge is 0.345 e. The first-order valence-corrected chi connectivity index (χ1v) is 6.94. The second-order valence-corrected chi connectivity index (χ2v) is 4.99. The molecule has 3 aromatic rings. The average molecular weight is 275 g/mol. The molecule has 90 valence electrons. The summed E-state index contributed by atoms with van der Waals surface area (Å²) in [4.78, 5) is 0. The third-order valence-electron chi connectivity index (χ3n) is 2.79. The van der Waals surface area contributed by atoms with Crippen molar-refractivity contribution < 1.29 is 0 Å². The molecule has 3 rings (SSSR count). The van der Waals surface area contributed by atoms with E-state index in [1.165, 1.54) is 11.5 Å². The first-order chi connectivity index (χ1) is 8.88. The van der Waals surface area contributed by atoms with E-state index < -0.39 is 0 Å². The van der Waals surface area contributed by atoms with Crippen molar-refractivity contribution in [1.82, 2.24) is 4.37 Å². The van der Waals surface area contributed by atoms with Crippen molar-refractivity contribution in [2.24, 2.45) is 0 Å². The molecule has 1 aromatic heterocycles. The summed E-state index contributed by atoms with van der Waals surface area (Å²) in [5, 5.41) is 5.62. The lowest BCUT2D eigenvalue weighted by molar-refractivity contribution is 1.39. The van der Waals surface area contributed by atoms with E-state index in [4.69, 9.17) is 11.6 Å². The van der Waals surface area contributed by atoms with Gasteiger partial charge in [0.1, 0.15) is 5.00 Å². The highest BCUT2D eigenvalue weighted by molar-refractivity contribution is 7.11. The Morgan fingerprint density at radius 3 is 2.72 bits per heavy atom. The van der Waals surface area contributed by atoms with Gasteiger partial charge in [-0.1, -0.05) is 30.3 Å². The molecule has 2 aromatic carbocycles. The van der Waals surface area contributed by atoms with Gasteiger partial charge in [0.2, 0.25) is 0 Å². The lowest BCUT2D eigenvalue weighted by Crippen LogP contribution is -1.92. The predicted octanol–water partition coefficient (Wildman–Crippen LogP) is 4.78. The van der Waals surface area contributed by atoms with Gasteiger partial charge in [0, 0.05) is 17.0 Å². The van der Waals surface area contributed by atoms with E-state index in [0.717, 1.165) is 27.2 Å². The highest BCUT2D eigenvalue weighted by atomic mass is 35.5. The second kappa shape index (κ2) is 4.96. The van der Waals surface area contributed by atoms with Gasteiger partial charge in [0.05, 0.1) is 5.52 Å². The minimum atomic E-state index is 0.500. The zero-order chi connectivity index (χ0) is 12.4. The number of halogens is 1. The van der Waals surface area contributed by atoms with Crippen molar-refractivity contribution in [1.29, 1.82) is 0 Å². The molecule has 0 unspecified atom stereocenters. The van der Waals surface area contributed by atoms with Gasteiger partial charge < -0.3 is 5.32 Å². The lowest BCUT2D eigenvalue weighted by Gasteiger charge is -2.08. The van der Waals surface area contributed by atoms with Gasteiger partial charge in [-0.2, -0.15) is 4.37 Å². The van der Waals surface area contributed by atoms with Crippen molar-refractivity contribution in [3.8, 4) is 0 Å². The smallest absolute Gasteiger partial charge is 0.121 e. The zero-order valence-corrected chi connectivity index (χ0v) is 11.1. The van der Waals surface area contributed by atoms with Gasteiger partial charge in [-0.3, -0.25) is 0 Å². The Morgan fingerprint density at radius 2 is 1.83 bits per heavy atom. The van der Waals surface area contributed by atoms with E-state index >= 15 is 0 Å².